The normalized spacial score (nSPS) is 29.8. The van der Waals surface area contributed by atoms with Crippen LogP contribution in [0.3, 0.4) is 0 Å². The van der Waals surface area contributed by atoms with Gasteiger partial charge in [-0.3, -0.25) is 0 Å². The van der Waals surface area contributed by atoms with Gasteiger partial charge in [-0.15, -0.1) is 0 Å². The van der Waals surface area contributed by atoms with Gasteiger partial charge in [0.25, 0.3) is 0 Å². The topological polar surface area (TPSA) is 67.2 Å². The summed E-state index contributed by atoms with van der Waals surface area (Å²) < 4.78 is 28.8. The quantitative estimate of drug-likeness (QED) is 0.853. The second kappa shape index (κ2) is 4.78. The van der Waals surface area contributed by atoms with E-state index in [1.165, 1.54) is 7.11 Å². The number of benzene rings is 1. The van der Waals surface area contributed by atoms with Gasteiger partial charge in [0.05, 0.1) is 17.9 Å². The molecule has 1 aliphatic rings. The van der Waals surface area contributed by atoms with Gasteiger partial charge >= 0.3 is 0 Å². The Bertz CT molecular complexity index is 638. The summed E-state index contributed by atoms with van der Waals surface area (Å²) in [6.07, 6.45) is 1.16. The van der Waals surface area contributed by atoms with Crippen LogP contribution in [0.4, 0.5) is 0 Å². The SMILES string of the molecule is COC[C@]1(C#N)[C@H](c2cccc(Cl)c2)[C@H]1S(C)(=O)=O. The van der Waals surface area contributed by atoms with Gasteiger partial charge in [0, 0.05) is 24.3 Å². The first-order valence-electron chi connectivity index (χ1n) is 5.71. The van der Waals surface area contributed by atoms with E-state index < -0.39 is 20.5 Å². The summed E-state index contributed by atoms with van der Waals surface area (Å²) in [6.45, 7) is 0.0957. The third-order valence-electron chi connectivity index (χ3n) is 3.52. The molecule has 1 saturated carbocycles. The van der Waals surface area contributed by atoms with Crippen molar-refractivity contribution in [3.63, 3.8) is 0 Å². The lowest BCUT2D eigenvalue weighted by atomic mass is 10.0. The Kier molecular flexibility index (Phi) is 3.61. The molecule has 0 amide bonds. The number of ether oxygens (including phenoxy) is 1. The Balaban J connectivity index is 2.48. The van der Waals surface area contributed by atoms with Gasteiger partial charge in [-0.25, -0.2) is 8.42 Å². The van der Waals surface area contributed by atoms with Crippen molar-refractivity contribution >= 4 is 21.4 Å². The van der Waals surface area contributed by atoms with Crippen molar-refractivity contribution in [2.24, 2.45) is 5.41 Å². The number of sulfone groups is 1. The summed E-state index contributed by atoms with van der Waals surface area (Å²) in [5.41, 5.74) is -0.242. The first kappa shape index (κ1) is 14.3. The van der Waals surface area contributed by atoms with Crippen LogP contribution >= 0.6 is 11.6 Å². The summed E-state index contributed by atoms with van der Waals surface area (Å²) in [7, 11) is -1.86. The molecule has 2 rings (SSSR count). The van der Waals surface area contributed by atoms with E-state index >= 15 is 0 Å². The number of nitrogens with zero attached hydrogens (tertiary/aromatic N) is 1. The number of nitriles is 1. The molecule has 1 aromatic rings. The lowest BCUT2D eigenvalue weighted by molar-refractivity contribution is 0.162. The van der Waals surface area contributed by atoms with Gasteiger partial charge in [0.1, 0.15) is 5.41 Å². The molecule has 6 heteroatoms. The molecule has 0 aliphatic heterocycles. The van der Waals surface area contributed by atoms with Gasteiger partial charge in [-0.2, -0.15) is 5.26 Å². The van der Waals surface area contributed by atoms with Crippen molar-refractivity contribution < 1.29 is 13.2 Å². The molecular formula is C13H14ClNO3S. The highest BCUT2D eigenvalue weighted by atomic mass is 35.5. The highest BCUT2D eigenvalue weighted by Gasteiger charge is 2.71. The first-order chi connectivity index (χ1) is 8.86. The van der Waals surface area contributed by atoms with Crippen molar-refractivity contribution in [2.45, 2.75) is 11.2 Å². The summed E-state index contributed by atoms with van der Waals surface area (Å²) in [5.74, 6) is -0.383. The molecule has 4 nitrogen and oxygen atoms in total. The zero-order chi connectivity index (χ0) is 14.3. The van der Waals surface area contributed by atoms with Crippen LogP contribution in [-0.2, 0) is 14.6 Å². The van der Waals surface area contributed by atoms with Crippen LogP contribution in [0.2, 0.25) is 5.02 Å². The molecule has 1 aliphatic carbocycles. The number of halogens is 1. The summed E-state index contributed by atoms with van der Waals surface area (Å²) in [4.78, 5) is 0. The van der Waals surface area contributed by atoms with Crippen molar-refractivity contribution in [1.29, 1.82) is 5.26 Å². The van der Waals surface area contributed by atoms with Crippen LogP contribution in [0.5, 0.6) is 0 Å². The predicted molar refractivity (Wildman–Crippen MR) is 72.7 cm³/mol. The first-order valence-corrected chi connectivity index (χ1v) is 8.04. The maximum Gasteiger partial charge on any atom is 0.152 e. The molecule has 102 valence electrons. The largest absolute Gasteiger partial charge is 0.383 e. The van der Waals surface area contributed by atoms with Gasteiger partial charge in [0.15, 0.2) is 9.84 Å². The van der Waals surface area contributed by atoms with E-state index in [9.17, 15) is 13.7 Å². The molecule has 0 radical (unpaired) electrons. The van der Waals surface area contributed by atoms with Crippen LogP contribution in [0.15, 0.2) is 24.3 Å². The monoisotopic (exact) mass is 299 g/mol. The van der Waals surface area contributed by atoms with Crippen LogP contribution in [0.1, 0.15) is 11.5 Å². The van der Waals surface area contributed by atoms with E-state index in [2.05, 4.69) is 6.07 Å². The maximum absolute atomic E-state index is 11.9. The van der Waals surface area contributed by atoms with Crippen molar-refractivity contribution in [1.82, 2.24) is 0 Å². The Morgan fingerprint density at radius 2 is 2.21 bits per heavy atom. The number of methoxy groups -OCH3 is 1. The molecule has 0 unspecified atom stereocenters. The van der Waals surface area contributed by atoms with E-state index in [-0.39, 0.29) is 12.5 Å². The van der Waals surface area contributed by atoms with Crippen LogP contribution < -0.4 is 0 Å². The molecule has 19 heavy (non-hydrogen) atoms. The van der Waals surface area contributed by atoms with Crippen molar-refractivity contribution in [3.05, 3.63) is 34.9 Å². The molecule has 1 fully saturated rings. The Morgan fingerprint density at radius 3 is 2.68 bits per heavy atom. The van der Waals surface area contributed by atoms with Crippen molar-refractivity contribution in [3.8, 4) is 6.07 Å². The van der Waals surface area contributed by atoms with E-state index in [4.69, 9.17) is 16.3 Å². The predicted octanol–water partition coefficient (Wildman–Crippen LogP) is 2.01. The summed E-state index contributed by atoms with van der Waals surface area (Å²) in [5, 5.41) is 9.19. The van der Waals surface area contributed by atoms with E-state index in [1.54, 1.807) is 24.3 Å². The highest BCUT2D eigenvalue weighted by molar-refractivity contribution is 7.91. The third kappa shape index (κ3) is 2.36. The summed E-state index contributed by atoms with van der Waals surface area (Å²) >= 11 is 5.93. The van der Waals surface area contributed by atoms with Crippen LogP contribution in [-0.4, -0.2) is 33.6 Å². The lowest BCUT2D eigenvalue weighted by Gasteiger charge is -2.07. The lowest BCUT2D eigenvalue weighted by Crippen LogP contribution is -2.17. The zero-order valence-electron chi connectivity index (χ0n) is 10.6. The average Bonchev–Trinajstić information content (AvgIpc) is 2.99. The minimum atomic E-state index is -3.33. The smallest absolute Gasteiger partial charge is 0.152 e. The van der Waals surface area contributed by atoms with Crippen LogP contribution in [0.25, 0.3) is 0 Å². The molecule has 0 bridgehead atoms. The minimum Gasteiger partial charge on any atom is -0.383 e. The van der Waals surface area contributed by atoms with Gasteiger partial charge in [-0.05, 0) is 17.7 Å². The molecule has 0 N–H and O–H groups in total. The molecule has 0 saturated heterocycles. The van der Waals surface area contributed by atoms with Crippen LogP contribution in [0, 0.1) is 16.7 Å². The van der Waals surface area contributed by atoms with E-state index in [0.717, 1.165) is 11.8 Å². The van der Waals surface area contributed by atoms with Gasteiger partial charge in [0.2, 0.25) is 0 Å². The molecular weight excluding hydrogens is 286 g/mol. The Hall–Kier alpha value is -1.09. The second-order valence-electron chi connectivity index (χ2n) is 4.87. The Labute approximate surface area is 117 Å². The second-order valence-corrected chi connectivity index (χ2v) is 7.47. The van der Waals surface area contributed by atoms with E-state index in [1.807, 2.05) is 0 Å². The van der Waals surface area contributed by atoms with E-state index in [0.29, 0.717) is 5.02 Å². The van der Waals surface area contributed by atoms with Gasteiger partial charge in [-0.1, -0.05) is 23.7 Å². The zero-order valence-corrected chi connectivity index (χ0v) is 12.2. The molecule has 1 aromatic carbocycles. The number of hydrogen-bond acceptors (Lipinski definition) is 4. The fourth-order valence-corrected chi connectivity index (χ4v) is 4.83. The fraction of sp³-hybridized carbons (Fsp3) is 0.462. The number of rotatable bonds is 4. The average molecular weight is 300 g/mol. The molecule has 3 atom stereocenters. The van der Waals surface area contributed by atoms with Crippen molar-refractivity contribution in [2.75, 3.05) is 20.0 Å². The van der Waals surface area contributed by atoms with Gasteiger partial charge < -0.3 is 4.74 Å². The molecule has 0 heterocycles. The fourth-order valence-electron chi connectivity index (χ4n) is 2.78. The molecule has 0 spiro atoms. The summed E-state index contributed by atoms with van der Waals surface area (Å²) in [6, 6.07) is 9.10. The highest BCUT2D eigenvalue weighted by Crippen LogP contribution is 2.62. The third-order valence-corrected chi connectivity index (χ3v) is 5.37. The standard InChI is InChI=1S/C13H14ClNO3S/c1-18-8-13(7-15)11(12(13)19(2,16)17)9-4-3-5-10(14)6-9/h3-6,11-12H,8H2,1-2H3/t11-,12-,13-/m1/s1. The maximum atomic E-state index is 11.9. The number of hydrogen-bond donors (Lipinski definition) is 0. The molecule has 0 aromatic heterocycles. The Morgan fingerprint density at radius 1 is 1.53 bits per heavy atom. The minimum absolute atomic E-state index is 0.0957.